The first kappa shape index (κ1) is 14.6. The fourth-order valence-corrected chi connectivity index (χ4v) is 2.55. The van der Waals surface area contributed by atoms with Gasteiger partial charge in [-0.2, -0.15) is 5.26 Å². The molecule has 2 aromatic carbocycles. The first-order valence-corrected chi connectivity index (χ1v) is 7.10. The maximum absolute atomic E-state index is 12.1. The molecule has 0 aromatic heterocycles. The molecule has 0 unspecified atom stereocenters. The quantitative estimate of drug-likeness (QED) is 0.823. The second-order valence-corrected chi connectivity index (χ2v) is 5.54. The van der Waals surface area contributed by atoms with E-state index in [9.17, 15) is 4.79 Å². The molecule has 0 spiro atoms. The summed E-state index contributed by atoms with van der Waals surface area (Å²) in [5.74, 6) is -0.212. The maximum Gasteiger partial charge on any atom is 0.256 e. The molecule has 0 aliphatic heterocycles. The van der Waals surface area contributed by atoms with E-state index in [1.807, 2.05) is 12.1 Å². The number of hydrogen-bond acceptors (Lipinski definition) is 3. The normalized spacial score (nSPS) is 9.85. The Morgan fingerprint density at radius 3 is 2.55 bits per heavy atom. The number of thiol groups is 1. The molecule has 2 rings (SSSR count). The Hall–Kier alpha value is -1.77. The molecule has 0 radical (unpaired) electrons. The average Bonchev–Trinajstić information content (AvgIpc) is 2.41. The lowest BCUT2D eigenvalue weighted by Crippen LogP contribution is -2.12. The van der Waals surface area contributed by atoms with Crippen LogP contribution in [0.25, 0.3) is 0 Å². The van der Waals surface area contributed by atoms with Crippen LogP contribution in [0.4, 0.5) is 5.69 Å². The number of carbonyl (C=O) groups is 1. The second-order valence-electron chi connectivity index (χ2n) is 4.15. The number of amides is 1. The highest BCUT2D eigenvalue weighted by atomic mass is 79.9. The van der Waals surface area contributed by atoms with E-state index in [4.69, 9.17) is 5.26 Å². The number of carbonyl (C=O) groups excluding carboxylic acids is 1. The minimum Gasteiger partial charge on any atom is -0.322 e. The van der Waals surface area contributed by atoms with Crippen LogP contribution in [0.5, 0.6) is 0 Å². The molecule has 0 aliphatic rings. The number of nitrogens with zero attached hydrogens (tertiary/aromatic N) is 1. The van der Waals surface area contributed by atoms with E-state index in [0.29, 0.717) is 22.6 Å². The van der Waals surface area contributed by atoms with Crippen LogP contribution in [0.1, 0.15) is 15.9 Å². The predicted molar refractivity (Wildman–Crippen MR) is 85.1 cm³/mol. The van der Waals surface area contributed by atoms with Crippen LogP contribution in [0.2, 0.25) is 0 Å². The fourth-order valence-electron chi connectivity index (χ4n) is 1.69. The average molecular weight is 347 g/mol. The van der Waals surface area contributed by atoms with E-state index >= 15 is 0 Å². The van der Waals surface area contributed by atoms with Crippen LogP contribution >= 0.6 is 28.6 Å². The van der Waals surface area contributed by atoms with Gasteiger partial charge in [0.05, 0.1) is 18.1 Å². The Bertz CT molecular complexity index is 677. The zero-order valence-electron chi connectivity index (χ0n) is 10.4. The molecule has 0 saturated heterocycles. The second kappa shape index (κ2) is 6.60. The number of nitrogens with one attached hydrogen (secondary N) is 1. The van der Waals surface area contributed by atoms with Crippen molar-refractivity contribution in [2.75, 3.05) is 5.32 Å². The Balaban J connectivity index is 2.13. The van der Waals surface area contributed by atoms with Crippen molar-refractivity contribution in [2.24, 2.45) is 0 Å². The highest BCUT2D eigenvalue weighted by molar-refractivity contribution is 9.10. The van der Waals surface area contributed by atoms with Gasteiger partial charge < -0.3 is 5.32 Å². The molecule has 1 amide bonds. The largest absolute Gasteiger partial charge is 0.322 e. The monoisotopic (exact) mass is 346 g/mol. The van der Waals surface area contributed by atoms with Crippen molar-refractivity contribution in [3.8, 4) is 6.07 Å². The van der Waals surface area contributed by atoms with E-state index in [1.165, 1.54) is 0 Å². The third-order valence-electron chi connectivity index (χ3n) is 2.70. The Morgan fingerprint density at radius 2 is 1.95 bits per heavy atom. The first-order chi connectivity index (χ1) is 9.60. The number of benzene rings is 2. The third kappa shape index (κ3) is 3.62. The lowest BCUT2D eigenvalue weighted by atomic mass is 10.1. The summed E-state index contributed by atoms with van der Waals surface area (Å²) >= 11 is 7.62. The number of halogens is 1. The summed E-state index contributed by atoms with van der Waals surface area (Å²) in [5, 5.41) is 11.4. The lowest BCUT2D eigenvalue weighted by Gasteiger charge is -2.08. The van der Waals surface area contributed by atoms with Crippen molar-refractivity contribution in [1.29, 1.82) is 5.26 Å². The third-order valence-corrected chi connectivity index (χ3v) is 3.56. The van der Waals surface area contributed by atoms with Crippen LogP contribution in [0, 0.1) is 11.3 Å². The van der Waals surface area contributed by atoms with Gasteiger partial charge in [0.15, 0.2) is 0 Å². The van der Waals surface area contributed by atoms with Crippen LogP contribution in [-0.4, -0.2) is 5.91 Å². The Labute approximate surface area is 131 Å². The maximum atomic E-state index is 12.1. The molecule has 0 saturated carbocycles. The first-order valence-electron chi connectivity index (χ1n) is 5.86. The number of anilines is 1. The van der Waals surface area contributed by atoms with Crippen molar-refractivity contribution in [1.82, 2.24) is 0 Å². The van der Waals surface area contributed by atoms with Crippen LogP contribution < -0.4 is 5.32 Å². The molecule has 1 N–H and O–H groups in total. The molecule has 3 nitrogen and oxygen atoms in total. The van der Waals surface area contributed by atoms with Gasteiger partial charge in [0.25, 0.3) is 5.91 Å². The Morgan fingerprint density at radius 1 is 1.25 bits per heavy atom. The molecule has 0 bridgehead atoms. The smallest absolute Gasteiger partial charge is 0.256 e. The standard InChI is InChI=1S/C15H11BrN2OS/c16-11-3-6-13(14(20)9-11)15(19)18-12-4-1-10(2-5-12)7-8-17/h1-6,9,20H,7H2,(H,18,19). The predicted octanol–water partition coefficient (Wildman–Crippen LogP) is 4.06. The van der Waals surface area contributed by atoms with Gasteiger partial charge in [0.2, 0.25) is 0 Å². The summed E-state index contributed by atoms with van der Waals surface area (Å²) < 4.78 is 0.875. The summed E-state index contributed by atoms with van der Waals surface area (Å²) in [6, 6.07) is 14.6. The molecule has 2 aromatic rings. The van der Waals surface area contributed by atoms with Crippen LogP contribution in [0.15, 0.2) is 51.8 Å². The van der Waals surface area contributed by atoms with Crippen LogP contribution in [-0.2, 0) is 6.42 Å². The molecule has 0 heterocycles. The highest BCUT2D eigenvalue weighted by Crippen LogP contribution is 2.21. The van der Waals surface area contributed by atoms with Crippen molar-refractivity contribution in [2.45, 2.75) is 11.3 Å². The summed E-state index contributed by atoms with van der Waals surface area (Å²) in [5.41, 5.74) is 2.12. The van der Waals surface area contributed by atoms with E-state index < -0.39 is 0 Å². The number of rotatable bonds is 3. The van der Waals surface area contributed by atoms with Crippen molar-refractivity contribution >= 4 is 40.2 Å². The summed E-state index contributed by atoms with van der Waals surface area (Å²) in [4.78, 5) is 12.7. The topological polar surface area (TPSA) is 52.9 Å². The molecule has 0 atom stereocenters. The lowest BCUT2D eigenvalue weighted by molar-refractivity contribution is 0.102. The molecular weight excluding hydrogens is 336 g/mol. The minimum atomic E-state index is -0.212. The molecule has 0 aliphatic carbocycles. The van der Waals surface area contributed by atoms with Gasteiger partial charge in [-0.25, -0.2) is 0 Å². The van der Waals surface area contributed by atoms with Gasteiger partial charge in [0.1, 0.15) is 0 Å². The van der Waals surface area contributed by atoms with Gasteiger partial charge in [-0.3, -0.25) is 4.79 Å². The summed E-state index contributed by atoms with van der Waals surface area (Å²) in [6.45, 7) is 0. The minimum absolute atomic E-state index is 0.212. The molecule has 100 valence electrons. The SMILES string of the molecule is N#CCc1ccc(NC(=O)c2ccc(Br)cc2S)cc1. The van der Waals surface area contributed by atoms with E-state index in [0.717, 1.165) is 10.0 Å². The summed E-state index contributed by atoms with van der Waals surface area (Å²) in [6.07, 6.45) is 0.363. The zero-order valence-corrected chi connectivity index (χ0v) is 12.9. The van der Waals surface area contributed by atoms with Crippen molar-refractivity contribution in [3.05, 3.63) is 58.1 Å². The van der Waals surface area contributed by atoms with Crippen molar-refractivity contribution < 1.29 is 4.79 Å². The Kier molecular flexibility index (Phi) is 4.83. The number of hydrogen-bond donors (Lipinski definition) is 2. The summed E-state index contributed by atoms with van der Waals surface area (Å²) in [7, 11) is 0. The van der Waals surface area contributed by atoms with Gasteiger partial charge in [0, 0.05) is 15.1 Å². The van der Waals surface area contributed by atoms with E-state index in [1.54, 1.807) is 30.3 Å². The number of nitriles is 1. The highest BCUT2D eigenvalue weighted by Gasteiger charge is 2.10. The van der Waals surface area contributed by atoms with Crippen LogP contribution in [0.3, 0.4) is 0 Å². The molecular formula is C15H11BrN2OS. The molecule has 0 fully saturated rings. The van der Waals surface area contributed by atoms with Gasteiger partial charge in [-0.15, -0.1) is 12.6 Å². The van der Waals surface area contributed by atoms with Crippen molar-refractivity contribution in [3.63, 3.8) is 0 Å². The molecule has 20 heavy (non-hydrogen) atoms. The van der Waals surface area contributed by atoms with Gasteiger partial charge >= 0.3 is 0 Å². The zero-order chi connectivity index (χ0) is 14.5. The molecule has 5 heteroatoms. The van der Waals surface area contributed by atoms with E-state index in [-0.39, 0.29) is 5.91 Å². The van der Waals surface area contributed by atoms with E-state index in [2.05, 4.69) is 39.9 Å². The van der Waals surface area contributed by atoms with Gasteiger partial charge in [-0.1, -0.05) is 28.1 Å². The van der Waals surface area contributed by atoms with Gasteiger partial charge in [-0.05, 0) is 35.9 Å². The fraction of sp³-hybridized carbons (Fsp3) is 0.0667.